The molecule has 10 nitrogen and oxygen atoms in total. The first-order chi connectivity index (χ1) is 25.8. The highest BCUT2D eigenvalue weighted by Gasteiger charge is 2.40. The van der Waals surface area contributed by atoms with Crippen molar-refractivity contribution in [2.24, 2.45) is 17.8 Å². The van der Waals surface area contributed by atoms with Crippen molar-refractivity contribution in [1.29, 1.82) is 0 Å². The van der Waals surface area contributed by atoms with E-state index < -0.39 is 17.9 Å². The summed E-state index contributed by atoms with van der Waals surface area (Å²) in [5, 5.41) is 0. The molecule has 3 aromatic rings. The van der Waals surface area contributed by atoms with Crippen LogP contribution < -0.4 is 18.9 Å². The maximum absolute atomic E-state index is 13.4. The Morgan fingerprint density at radius 3 is 1.68 bits per heavy atom. The van der Waals surface area contributed by atoms with Gasteiger partial charge in [-0.2, -0.15) is 0 Å². The Morgan fingerprint density at radius 2 is 1.13 bits per heavy atom. The Labute approximate surface area is 311 Å². The van der Waals surface area contributed by atoms with E-state index in [9.17, 15) is 19.2 Å². The molecule has 1 saturated carbocycles. The van der Waals surface area contributed by atoms with Gasteiger partial charge in [-0.1, -0.05) is 38.8 Å². The molecule has 0 aliphatic heterocycles. The molecule has 3 aromatic carbocycles. The Balaban J connectivity index is 1.15. The summed E-state index contributed by atoms with van der Waals surface area (Å²) in [4.78, 5) is 51.9. The van der Waals surface area contributed by atoms with Crippen molar-refractivity contribution in [2.75, 3.05) is 26.4 Å². The molecule has 10 heteroatoms. The second-order valence-corrected chi connectivity index (χ2v) is 13.5. The van der Waals surface area contributed by atoms with Crippen LogP contribution in [0.25, 0.3) is 0 Å². The molecule has 2 bridgehead atoms. The molecule has 282 valence electrons. The summed E-state index contributed by atoms with van der Waals surface area (Å²) in [7, 11) is 0. The van der Waals surface area contributed by atoms with Gasteiger partial charge in [-0.3, -0.25) is 4.79 Å². The van der Waals surface area contributed by atoms with Crippen LogP contribution in [0.1, 0.15) is 109 Å². The van der Waals surface area contributed by atoms with E-state index in [1.54, 1.807) is 48.5 Å². The van der Waals surface area contributed by atoms with Crippen LogP contribution in [0.4, 0.5) is 0 Å². The van der Waals surface area contributed by atoms with Crippen molar-refractivity contribution in [3.63, 3.8) is 0 Å². The van der Waals surface area contributed by atoms with Crippen molar-refractivity contribution in [2.45, 2.75) is 78.1 Å². The molecule has 0 N–H and O–H groups in total. The molecule has 0 spiro atoms. The molecule has 2 aliphatic carbocycles. The number of carbonyl (C=O) groups excluding carboxylic acids is 4. The fourth-order valence-electron chi connectivity index (χ4n) is 6.32. The van der Waals surface area contributed by atoms with Gasteiger partial charge in [0.1, 0.15) is 28.6 Å². The van der Waals surface area contributed by atoms with E-state index >= 15 is 0 Å². The van der Waals surface area contributed by atoms with Gasteiger partial charge in [0.25, 0.3) is 0 Å². The van der Waals surface area contributed by atoms with Crippen molar-refractivity contribution in [3.8, 4) is 23.0 Å². The minimum atomic E-state index is -0.729. The summed E-state index contributed by atoms with van der Waals surface area (Å²) in [6.07, 6.45) is 13.1. The third kappa shape index (κ3) is 11.7. The minimum absolute atomic E-state index is 0.00664. The SMILES string of the molecule is CCCCOc1ccc(C(=O)Oc2ccc(OC(=O)c3ccc(OCCCC)cc3)c(C(=O)OCCCCCCOC(=O)[C@H]3C[C@H]4C=C[C@@H]3C4)c2)cc1. The molecule has 0 amide bonds. The smallest absolute Gasteiger partial charge is 0.343 e. The average Bonchev–Trinajstić information content (AvgIpc) is 3.82. The maximum atomic E-state index is 13.4. The zero-order valence-corrected chi connectivity index (χ0v) is 30.7. The molecule has 2 aliphatic rings. The lowest BCUT2D eigenvalue weighted by atomic mass is 9.94. The van der Waals surface area contributed by atoms with Crippen molar-refractivity contribution in [1.82, 2.24) is 0 Å². The molecule has 5 rings (SSSR count). The molecule has 3 atom stereocenters. The molecule has 0 saturated heterocycles. The van der Waals surface area contributed by atoms with E-state index in [0.717, 1.165) is 57.8 Å². The highest BCUT2D eigenvalue weighted by atomic mass is 16.6. The predicted molar refractivity (Wildman–Crippen MR) is 199 cm³/mol. The average molecular weight is 727 g/mol. The lowest BCUT2D eigenvalue weighted by molar-refractivity contribution is -0.149. The molecule has 0 heterocycles. The summed E-state index contributed by atoms with van der Waals surface area (Å²) in [6, 6.07) is 17.4. The van der Waals surface area contributed by atoms with Gasteiger partial charge in [-0.25, -0.2) is 14.4 Å². The fraction of sp³-hybridized carbons (Fsp3) is 0.442. The Hall–Kier alpha value is -5.12. The third-order valence-electron chi connectivity index (χ3n) is 9.40. The first kappa shape index (κ1) is 39.1. The minimum Gasteiger partial charge on any atom is -0.494 e. The summed E-state index contributed by atoms with van der Waals surface area (Å²) < 4.78 is 33.7. The van der Waals surface area contributed by atoms with E-state index in [2.05, 4.69) is 26.0 Å². The maximum Gasteiger partial charge on any atom is 0.343 e. The van der Waals surface area contributed by atoms with Crippen LogP contribution in [0.3, 0.4) is 0 Å². The van der Waals surface area contributed by atoms with Crippen LogP contribution in [0.5, 0.6) is 23.0 Å². The standard InChI is InChI=1S/C43H50O10/c1-3-5-23-48-34-17-13-31(14-18-34)40(44)52-36-21-22-39(53-41(45)32-15-19-35(20-16-32)49-24-6-4-2)38(29-36)43(47)51-26-10-8-7-9-25-50-42(46)37-28-30-11-12-33(37)27-30/h11-22,29-30,33,37H,3-10,23-28H2,1-2H3/t30-,33+,37-/m0/s1. The molecule has 0 aromatic heterocycles. The zero-order chi connectivity index (χ0) is 37.4. The molecule has 53 heavy (non-hydrogen) atoms. The Kier molecular flexibility index (Phi) is 14.9. The van der Waals surface area contributed by atoms with Gasteiger partial charge in [0, 0.05) is 0 Å². The topological polar surface area (TPSA) is 124 Å². The highest BCUT2D eigenvalue weighted by Crippen LogP contribution is 2.43. The molecule has 0 radical (unpaired) electrons. The largest absolute Gasteiger partial charge is 0.494 e. The fourth-order valence-corrected chi connectivity index (χ4v) is 6.32. The van der Waals surface area contributed by atoms with E-state index in [0.29, 0.717) is 55.1 Å². The van der Waals surface area contributed by atoms with E-state index in [-0.39, 0.29) is 41.1 Å². The second-order valence-electron chi connectivity index (χ2n) is 13.5. The van der Waals surface area contributed by atoms with Crippen LogP contribution in [0.2, 0.25) is 0 Å². The van der Waals surface area contributed by atoms with Crippen LogP contribution >= 0.6 is 0 Å². The molecule has 1 fully saturated rings. The summed E-state index contributed by atoms with van der Waals surface area (Å²) in [5.41, 5.74) is 0.500. The van der Waals surface area contributed by atoms with Gasteiger partial charge in [-0.15, -0.1) is 0 Å². The highest BCUT2D eigenvalue weighted by molar-refractivity contribution is 5.97. The van der Waals surface area contributed by atoms with Crippen LogP contribution in [0, 0.1) is 17.8 Å². The van der Waals surface area contributed by atoms with Crippen LogP contribution in [-0.4, -0.2) is 50.3 Å². The normalized spacial score (nSPS) is 16.9. The lowest BCUT2D eigenvalue weighted by Gasteiger charge is -2.16. The summed E-state index contributed by atoms with van der Waals surface area (Å²) >= 11 is 0. The monoisotopic (exact) mass is 726 g/mol. The number of benzene rings is 3. The second kappa shape index (κ2) is 20.2. The molecular formula is C43H50O10. The van der Waals surface area contributed by atoms with Crippen LogP contribution in [0.15, 0.2) is 78.9 Å². The van der Waals surface area contributed by atoms with Gasteiger partial charge in [0.2, 0.25) is 0 Å². The number of esters is 4. The van der Waals surface area contributed by atoms with Gasteiger partial charge in [-0.05, 0) is 130 Å². The van der Waals surface area contributed by atoms with E-state index in [1.165, 1.54) is 18.2 Å². The van der Waals surface area contributed by atoms with E-state index in [4.69, 9.17) is 28.4 Å². The zero-order valence-electron chi connectivity index (χ0n) is 30.7. The number of rotatable bonds is 21. The lowest BCUT2D eigenvalue weighted by Crippen LogP contribution is -2.22. The predicted octanol–water partition coefficient (Wildman–Crippen LogP) is 8.96. The quantitative estimate of drug-likeness (QED) is 0.0455. The summed E-state index contributed by atoms with van der Waals surface area (Å²) in [5.74, 6) is 0.0336. The van der Waals surface area contributed by atoms with Crippen molar-refractivity contribution in [3.05, 3.63) is 95.6 Å². The van der Waals surface area contributed by atoms with Crippen LogP contribution in [-0.2, 0) is 14.3 Å². The number of hydrogen-bond acceptors (Lipinski definition) is 10. The Morgan fingerprint density at radius 1 is 0.566 bits per heavy atom. The number of ether oxygens (including phenoxy) is 6. The first-order valence-corrected chi connectivity index (χ1v) is 18.9. The number of allylic oxidation sites excluding steroid dienone is 2. The van der Waals surface area contributed by atoms with Gasteiger partial charge < -0.3 is 28.4 Å². The van der Waals surface area contributed by atoms with Crippen molar-refractivity contribution >= 4 is 23.9 Å². The van der Waals surface area contributed by atoms with Gasteiger partial charge in [0.05, 0.1) is 43.5 Å². The molecule has 0 unspecified atom stereocenters. The third-order valence-corrected chi connectivity index (χ3v) is 9.40. The molecular weight excluding hydrogens is 676 g/mol. The number of carbonyl (C=O) groups is 4. The first-order valence-electron chi connectivity index (χ1n) is 18.9. The number of unbranched alkanes of at least 4 members (excludes halogenated alkanes) is 5. The number of hydrogen-bond donors (Lipinski definition) is 0. The van der Waals surface area contributed by atoms with Gasteiger partial charge in [0.15, 0.2) is 0 Å². The Bertz CT molecular complexity index is 1690. The number of fused-ring (bicyclic) bond motifs is 2. The van der Waals surface area contributed by atoms with Crippen molar-refractivity contribution < 1.29 is 47.6 Å². The summed E-state index contributed by atoms with van der Waals surface area (Å²) in [6.45, 7) is 5.83. The van der Waals surface area contributed by atoms with Gasteiger partial charge >= 0.3 is 23.9 Å². The van der Waals surface area contributed by atoms with E-state index in [1.807, 2.05) is 0 Å².